The number of hydrogen-bond acceptors (Lipinski definition) is 5. The molecule has 0 atom stereocenters. The zero-order chi connectivity index (χ0) is 15.4. The highest BCUT2D eigenvalue weighted by atomic mass is 32.1. The Kier molecular flexibility index (Phi) is 4.50. The summed E-state index contributed by atoms with van der Waals surface area (Å²) in [6, 6.07) is 9.76. The molecule has 0 radical (unpaired) electrons. The molecule has 0 bridgehead atoms. The van der Waals surface area contributed by atoms with E-state index in [1.165, 1.54) is 0 Å². The van der Waals surface area contributed by atoms with Crippen LogP contribution in [0, 0.1) is 6.92 Å². The number of aromatic nitrogens is 3. The monoisotopic (exact) mass is 314 g/mol. The van der Waals surface area contributed by atoms with E-state index in [-0.39, 0.29) is 0 Å². The fraction of sp³-hybridized carbons (Fsp3) is 0.250. The summed E-state index contributed by atoms with van der Waals surface area (Å²) in [7, 11) is 1.90. The molecule has 1 aromatic carbocycles. The zero-order valence-electron chi connectivity index (χ0n) is 12.6. The molecule has 5 nitrogen and oxygen atoms in total. The number of nitrogens with zero attached hydrogens (tertiary/aromatic N) is 3. The first kappa shape index (κ1) is 14.7. The van der Waals surface area contributed by atoms with Crippen LogP contribution < -0.4 is 10.1 Å². The fourth-order valence-electron chi connectivity index (χ4n) is 2.25. The Balaban J connectivity index is 1.72. The van der Waals surface area contributed by atoms with Gasteiger partial charge in [-0.3, -0.25) is 0 Å². The van der Waals surface area contributed by atoms with Gasteiger partial charge in [0, 0.05) is 31.7 Å². The molecule has 0 spiro atoms. The van der Waals surface area contributed by atoms with Crippen molar-refractivity contribution in [1.29, 1.82) is 0 Å². The Morgan fingerprint density at radius 1 is 1.23 bits per heavy atom. The van der Waals surface area contributed by atoms with Crippen molar-refractivity contribution >= 4 is 11.3 Å². The van der Waals surface area contributed by atoms with Crippen molar-refractivity contribution in [2.24, 2.45) is 7.05 Å². The SMILES string of the molecule is Cc1nn(C)c(Oc2ccccc2)c1CNCc1nccs1. The molecule has 0 saturated heterocycles. The van der Waals surface area contributed by atoms with Crippen molar-refractivity contribution in [2.75, 3.05) is 0 Å². The van der Waals surface area contributed by atoms with E-state index in [0.717, 1.165) is 34.4 Å². The van der Waals surface area contributed by atoms with Crippen LogP contribution in [0.15, 0.2) is 41.9 Å². The van der Waals surface area contributed by atoms with Gasteiger partial charge in [-0.2, -0.15) is 5.10 Å². The minimum absolute atomic E-state index is 0.696. The fourth-order valence-corrected chi connectivity index (χ4v) is 2.83. The molecule has 6 heteroatoms. The molecule has 3 rings (SSSR count). The van der Waals surface area contributed by atoms with Gasteiger partial charge in [-0.15, -0.1) is 11.3 Å². The van der Waals surface area contributed by atoms with Crippen LogP contribution in [0.3, 0.4) is 0 Å². The van der Waals surface area contributed by atoms with Crippen LogP contribution in [0.25, 0.3) is 0 Å². The van der Waals surface area contributed by atoms with Crippen LogP contribution in [0.5, 0.6) is 11.6 Å². The maximum Gasteiger partial charge on any atom is 0.222 e. The molecule has 2 aromatic heterocycles. The maximum absolute atomic E-state index is 6.00. The number of rotatable bonds is 6. The molecule has 0 aliphatic heterocycles. The summed E-state index contributed by atoms with van der Waals surface area (Å²) in [4.78, 5) is 4.27. The first-order chi connectivity index (χ1) is 10.7. The number of hydrogen-bond donors (Lipinski definition) is 1. The van der Waals surface area contributed by atoms with Gasteiger partial charge >= 0.3 is 0 Å². The van der Waals surface area contributed by atoms with Crippen molar-refractivity contribution in [2.45, 2.75) is 20.0 Å². The zero-order valence-corrected chi connectivity index (χ0v) is 13.4. The van der Waals surface area contributed by atoms with Gasteiger partial charge in [0.1, 0.15) is 10.8 Å². The van der Waals surface area contributed by atoms with E-state index in [0.29, 0.717) is 6.54 Å². The van der Waals surface area contributed by atoms with Crippen LogP contribution in [-0.4, -0.2) is 14.8 Å². The molecule has 0 saturated carbocycles. The molecule has 0 aliphatic carbocycles. The Hall–Kier alpha value is -2.18. The quantitative estimate of drug-likeness (QED) is 0.759. The lowest BCUT2D eigenvalue weighted by molar-refractivity contribution is 0.424. The lowest BCUT2D eigenvalue weighted by atomic mass is 10.2. The summed E-state index contributed by atoms with van der Waals surface area (Å²) >= 11 is 1.65. The van der Waals surface area contributed by atoms with Crippen LogP contribution in [0.2, 0.25) is 0 Å². The molecular weight excluding hydrogens is 296 g/mol. The number of benzene rings is 1. The van der Waals surface area contributed by atoms with Gasteiger partial charge in [0.2, 0.25) is 5.88 Å². The van der Waals surface area contributed by atoms with Gasteiger partial charge in [-0.25, -0.2) is 9.67 Å². The number of aryl methyl sites for hydroxylation is 2. The van der Waals surface area contributed by atoms with Gasteiger partial charge in [-0.1, -0.05) is 18.2 Å². The predicted octanol–water partition coefficient (Wildman–Crippen LogP) is 3.27. The third-order valence-corrected chi connectivity index (χ3v) is 4.09. The second-order valence-electron chi connectivity index (χ2n) is 4.94. The normalized spacial score (nSPS) is 10.8. The highest BCUT2D eigenvalue weighted by Crippen LogP contribution is 2.27. The second kappa shape index (κ2) is 6.72. The maximum atomic E-state index is 6.00. The van der Waals surface area contributed by atoms with Crippen molar-refractivity contribution < 1.29 is 4.74 Å². The van der Waals surface area contributed by atoms with Crippen molar-refractivity contribution in [3.05, 3.63) is 58.2 Å². The Morgan fingerprint density at radius 2 is 2.05 bits per heavy atom. The Labute approximate surface area is 133 Å². The van der Waals surface area contributed by atoms with E-state index < -0.39 is 0 Å². The molecule has 3 aromatic rings. The van der Waals surface area contributed by atoms with Gasteiger partial charge in [0.25, 0.3) is 0 Å². The van der Waals surface area contributed by atoms with Gasteiger partial charge in [-0.05, 0) is 19.1 Å². The lowest BCUT2D eigenvalue weighted by Gasteiger charge is -2.09. The molecule has 0 unspecified atom stereocenters. The Bertz CT molecular complexity index is 722. The first-order valence-electron chi connectivity index (χ1n) is 7.08. The second-order valence-corrected chi connectivity index (χ2v) is 5.92. The summed E-state index contributed by atoms with van der Waals surface area (Å²) in [6.45, 7) is 3.44. The molecule has 22 heavy (non-hydrogen) atoms. The van der Waals surface area contributed by atoms with E-state index >= 15 is 0 Å². The molecule has 0 amide bonds. The predicted molar refractivity (Wildman–Crippen MR) is 87.1 cm³/mol. The summed E-state index contributed by atoms with van der Waals surface area (Å²) in [5, 5.41) is 10.9. The number of ether oxygens (including phenoxy) is 1. The third kappa shape index (κ3) is 3.35. The van der Waals surface area contributed by atoms with Gasteiger partial charge in [0.05, 0.1) is 11.3 Å². The number of thiazole rings is 1. The largest absolute Gasteiger partial charge is 0.439 e. The van der Waals surface area contributed by atoms with Crippen molar-refractivity contribution in [3.63, 3.8) is 0 Å². The van der Waals surface area contributed by atoms with Gasteiger partial charge < -0.3 is 10.1 Å². The number of para-hydroxylation sites is 1. The van der Waals surface area contributed by atoms with Gasteiger partial charge in [0.15, 0.2) is 0 Å². The smallest absolute Gasteiger partial charge is 0.222 e. The lowest BCUT2D eigenvalue weighted by Crippen LogP contribution is -2.13. The van der Waals surface area contributed by atoms with E-state index in [1.54, 1.807) is 16.0 Å². The molecule has 0 aliphatic rings. The van der Waals surface area contributed by atoms with Crippen LogP contribution in [0.1, 0.15) is 16.3 Å². The average Bonchev–Trinajstić information content (AvgIpc) is 3.12. The number of nitrogens with one attached hydrogen (secondary N) is 1. The summed E-state index contributed by atoms with van der Waals surface area (Å²) in [5.74, 6) is 1.59. The topological polar surface area (TPSA) is 52.0 Å². The average molecular weight is 314 g/mol. The molecule has 114 valence electrons. The van der Waals surface area contributed by atoms with Crippen LogP contribution in [-0.2, 0) is 20.1 Å². The molecule has 0 fully saturated rings. The van der Waals surface area contributed by atoms with E-state index in [1.807, 2.05) is 55.9 Å². The van der Waals surface area contributed by atoms with Crippen molar-refractivity contribution in [3.8, 4) is 11.6 Å². The molecular formula is C16H18N4OS. The summed E-state index contributed by atoms with van der Waals surface area (Å²) in [6.07, 6.45) is 1.82. The van der Waals surface area contributed by atoms with Crippen molar-refractivity contribution in [1.82, 2.24) is 20.1 Å². The van der Waals surface area contributed by atoms with E-state index in [4.69, 9.17) is 4.74 Å². The molecule has 2 heterocycles. The summed E-state index contributed by atoms with van der Waals surface area (Å²) < 4.78 is 7.78. The highest BCUT2D eigenvalue weighted by molar-refractivity contribution is 7.09. The van der Waals surface area contributed by atoms with E-state index in [9.17, 15) is 0 Å². The van der Waals surface area contributed by atoms with Crippen LogP contribution >= 0.6 is 11.3 Å². The van der Waals surface area contributed by atoms with Crippen LogP contribution in [0.4, 0.5) is 0 Å². The third-order valence-electron chi connectivity index (χ3n) is 3.31. The Morgan fingerprint density at radius 3 is 2.77 bits per heavy atom. The molecule has 1 N–H and O–H groups in total. The standard InChI is InChI=1S/C16H18N4OS/c1-12-14(10-17-11-15-18-8-9-22-15)16(20(2)19-12)21-13-6-4-3-5-7-13/h3-9,17H,10-11H2,1-2H3. The first-order valence-corrected chi connectivity index (χ1v) is 7.96. The minimum atomic E-state index is 0.696. The minimum Gasteiger partial charge on any atom is -0.439 e. The summed E-state index contributed by atoms with van der Waals surface area (Å²) in [5.41, 5.74) is 2.04. The van der Waals surface area contributed by atoms with E-state index in [2.05, 4.69) is 15.4 Å². The highest BCUT2D eigenvalue weighted by Gasteiger charge is 2.15.